The van der Waals surface area contributed by atoms with E-state index >= 15 is 0 Å². The molecule has 112 valence electrons. The zero-order valence-corrected chi connectivity index (χ0v) is 12.9. The Morgan fingerprint density at radius 3 is 2.33 bits per heavy atom. The molecule has 0 radical (unpaired) electrons. The fourth-order valence-electron chi connectivity index (χ4n) is 2.25. The molecule has 0 aliphatic heterocycles. The van der Waals surface area contributed by atoms with Crippen molar-refractivity contribution in [3.8, 4) is 11.5 Å². The van der Waals surface area contributed by atoms with E-state index in [2.05, 4.69) is 36.5 Å². The van der Waals surface area contributed by atoms with E-state index in [1.54, 1.807) is 14.2 Å². The summed E-state index contributed by atoms with van der Waals surface area (Å²) < 4.78 is 10.4. The number of methoxy groups -OCH3 is 2. The monoisotopic (exact) mass is 285 g/mol. The topological polar surface area (TPSA) is 30.5 Å². The van der Waals surface area contributed by atoms with E-state index < -0.39 is 0 Å². The Bertz CT molecular complexity index is 551. The van der Waals surface area contributed by atoms with Crippen LogP contribution in [-0.2, 0) is 6.42 Å². The molecule has 0 bridgehead atoms. The smallest absolute Gasteiger partial charge is 0.119 e. The van der Waals surface area contributed by atoms with Crippen LogP contribution in [-0.4, -0.2) is 20.8 Å². The molecule has 2 aromatic carbocycles. The first-order valence-corrected chi connectivity index (χ1v) is 7.23. The van der Waals surface area contributed by atoms with Gasteiger partial charge < -0.3 is 14.8 Å². The lowest BCUT2D eigenvalue weighted by Crippen LogP contribution is -2.21. The van der Waals surface area contributed by atoms with Gasteiger partial charge in [-0.15, -0.1) is 0 Å². The lowest BCUT2D eigenvalue weighted by Gasteiger charge is -2.15. The zero-order chi connectivity index (χ0) is 15.1. The molecule has 0 fully saturated rings. The molecule has 3 nitrogen and oxygen atoms in total. The van der Waals surface area contributed by atoms with Crippen LogP contribution in [0.25, 0.3) is 0 Å². The maximum atomic E-state index is 5.26. The van der Waals surface area contributed by atoms with E-state index in [4.69, 9.17) is 9.47 Å². The van der Waals surface area contributed by atoms with Gasteiger partial charge in [-0.1, -0.05) is 24.3 Å². The van der Waals surface area contributed by atoms with Gasteiger partial charge in [-0.3, -0.25) is 0 Å². The number of rotatable bonds is 7. The van der Waals surface area contributed by atoms with Crippen LogP contribution in [0.4, 0.5) is 0 Å². The molecular formula is C18H23NO2. The van der Waals surface area contributed by atoms with Gasteiger partial charge in [0.15, 0.2) is 0 Å². The second-order valence-corrected chi connectivity index (χ2v) is 5.05. The van der Waals surface area contributed by atoms with Crippen molar-refractivity contribution in [1.82, 2.24) is 5.32 Å². The Morgan fingerprint density at radius 1 is 0.952 bits per heavy atom. The van der Waals surface area contributed by atoms with E-state index in [9.17, 15) is 0 Å². The summed E-state index contributed by atoms with van der Waals surface area (Å²) in [5.74, 6) is 1.80. The quantitative estimate of drug-likeness (QED) is 0.843. The molecule has 3 heteroatoms. The Hall–Kier alpha value is -2.00. The summed E-state index contributed by atoms with van der Waals surface area (Å²) in [4.78, 5) is 0. The normalized spacial score (nSPS) is 12.0. The standard InChI is InChI=1S/C18H23NO2/c1-14(16-5-4-6-18(13-16)21-3)19-12-11-15-7-9-17(20-2)10-8-15/h4-10,13-14,19H,11-12H2,1-3H3/t14-/m0/s1. The molecule has 0 saturated carbocycles. The summed E-state index contributed by atoms with van der Waals surface area (Å²) in [6.45, 7) is 3.10. The number of ether oxygens (including phenoxy) is 2. The number of hydrogen-bond donors (Lipinski definition) is 1. The van der Waals surface area contributed by atoms with Gasteiger partial charge in [0.2, 0.25) is 0 Å². The summed E-state index contributed by atoms with van der Waals surface area (Å²) in [5, 5.41) is 3.54. The zero-order valence-electron chi connectivity index (χ0n) is 12.9. The first kappa shape index (κ1) is 15.4. The van der Waals surface area contributed by atoms with Crippen LogP contribution in [0.1, 0.15) is 24.1 Å². The third kappa shape index (κ3) is 4.50. The van der Waals surface area contributed by atoms with E-state index in [0.29, 0.717) is 6.04 Å². The van der Waals surface area contributed by atoms with Crippen molar-refractivity contribution in [2.75, 3.05) is 20.8 Å². The highest BCUT2D eigenvalue weighted by atomic mass is 16.5. The van der Waals surface area contributed by atoms with Crippen LogP contribution in [0.3, 0.4) is 0 Å². The number of hydrogen-bond acceptors (Lipinski definition) is 3. The molecule has 0 amide bonds. The molecule has 2 rings (SSSR count). The fraction of sp³-hybridized carbons (Fsp3) is 0.333. The third-order valence-electron chi connectivity index (χ3n) is 3.62. The molecule has 1 atom stereocenters. The molecular weight excluding hydrogens is 262 g/mol. The van der Waals surface area contributed by atoms with Gasteiger partial charge >= 0.3 is 0 Å². The van der Waals surface area contributed by atoms with Gasteiger partial charge in [0, 0.05) is 6.04 Å². The Morgan fingerprint density at radius 2 is 1.67 bits per heavy atom. The first-order valence-electron chi connectivity index (χ1n) is 7.23. The van der Waals surface area contributed by atoms with Crippen molar-refractivity contribution in [3.63, 3.8) is 0 Å². The Balaban J connectivity index is 1.84. The maximum absolute atomic E-state index is 5.26. The molecule has 0 spiro atoms. The van der Waals surface area contributed by atoms with Gasteiger partial charge in [0.05, 0.1) is 14.2 Å². The van der Waals surface area contributed by atoms with Gasteiger partial charge in [-0.25, -0.2) is 0 Å². The van der Waals surface area contributed by atoms with E-state index in [1.807, 2.05) is 24.3 Å². The highest BCUT2D eigenvalue weighted by Gasteiger charge is 2.05. The van der Waals surface area contributed by atoms with Crippen LogP contribution in [0.15, 0.2) is 48.5 Å². The summed E-state index contributed by atoms with van der Waals surface area (Å²) in [6, 6.07) is 16.7. The maximum Gasteiger partial charge on any atom is 0.119 e. The minimum atomic E-state index is 0.304. The van der Waals surface area contributed by atoms with Crippen LogP contribution >= 0.6 is 0 Å². The molecule has 2 aromatic rings. The van der Waals surface area contributed by atoms with E-state index in [-0.39, 0.29) is 0 Å². The van der Waals surface area contributed by atoms with Crippen LogP contribution in [0, 0.1) is 0 Å². The summed E-state index contributed by atoms with van der Waals surface area (Å²) >= 11 is 0. The Kier molecular flexibility index (Phi) is 5.64. The average molecular weight is 285 g/mol. The molecule has 0 unspecified atom stereocenters. The summed E-state index contributed by atoms with van der Waals surface area (Å²) in [5.41, 5.74) is 2.55. The van der Waals surface area contributed by atoms with E-state index in [1.165, 1.54) is 11.1 Å². The summed E-state index contributed by atoms with van der Waals surface area (Å²) in [7, 11) is 3.38. The molecule has 0 aliphatic carbocycles. The average Bonchev–Trinajstić information content (AvgIpc) is 2.55. The van der Waals surface area contributed by atoms with Crippen molar-refractivity contribution in [2.45, 2.75) is 19.4 Å². The van der Waals surface area contributed by atoms with Crippen molar-refractivity contribution < 1.29 is 9.47 Å². The SMILES string of the molecule is COc1ccc(CCN[C@@H](C)c2cccc(OC)c2)cc1. The van der Waals surface area contributed by atoms with Crippen LogP contribution < -0.4 is 14.8 Å². The van der Waals surface area contributed by atoms with Gasteiger partial charge in [-0.2, -0.15) is 0 Å². The van der Waals surface area contributed by atoms with Crippen molar-refractivity contribution in [3.05, 3.63) is 59.7 Å². The third-order valence-corrected chi connectivity index (χ3v) is 3.62. The molecule has 0 saturated heterocycles. The molecule has 1 N–H and O–H groups in total. The highest BCUT2D eigenvalue weighted by Crippen LogP contribution is 2.18. The fourth-order valence-corrected chi connectivity index (χ4v) is 2.25. The molecule has 0 heterocycles. The van der Waals surface area contributed by atoms with Crippen LogP contribution in [0.5, 0.6) is 11.5 Å². The summed E-state index contributed by atoms with van der Waals surface area (Å²) in [6.07, 6.45) is 0.998. The molecule has 21 heavy (non-hydrogen) atoms. The van der Waals surface area contributed by atoms with Crippen molar-refractivity contribution in [2.24, 2.45) is 0 Å². The van der Waals surface area contributed by atoms with Gasteiger partial charge in [0.1, 0.15) is 11.5 Å². The largest absolute Gasteiger partial charge is 0.497 e. The van der Waals surface area contributed by atoms with Crippen molar-refractivity contribution in [1.29, 1.82) is 0 Å². The minimum absolute atomic E-state index is 0.304. The predicted octanol–water partition coefficient (Wildman–Crippen LogP) is 3.60. The molecule has 0 aromatic heterocycles. The second kappa shape index (κ2) is 7.70. The van der Waals surface area contributed by atoms with E-state index in [0.717, 1.165) is 24.5 Å². The first-order chi connectivity index (χ1) is 10.2. The number of benzene rings is 2. The highest BCUT2D eigenvalue weighted by molar-refractivity contribution is 5.30. The minimum Gasteiger partial charge on any atom is -0.497 e. The van der Waals surface area contributed by atoms with Crippen LogP contribution in [0.2, 0.25) is 0 Å². The Labute approximate surface area is 126 Å². The lowest BCUT2D eigenvalue weighted by atomic mass is 10.1. The predicted molar refractivity (Wildman–Crippen MR) is 86.1 cm³/mol. The number of nitrogens with one attached hydrogen (secondary N) is 1. The lowest BCUT2D eigenvalue weighted by molar-refractivity contribution is 0.413. The van der Waals surface area contributed by atoms with Gasteiger partial charge in [-0.05, 0) is 55.3 Å². The molecule has 0 aliphatic rings. The van der Waals surface area contributed by atoms with Crippen molar-refractivity contribution >= 4 is 0 Å². The van der Waals surface area contributed by atoms with Gasteiger partial charge in [0.25, 0.3) is 0 Å². The second-order valence-electron chi connectivity index (χ2n) is 5.05.